The molecule has 7 nitrogen and oxygen atoms in total. The molecule has 1 N–H and O–H groups in total. The highest BCUT2D eigenvalue weighted by Crippen LogP contribution is 2.35. The number of nitro groups is 1. The van der Waals surface area contributed by atoms with Crippen LogP contribution in [0.25, 0.3) is 0 Å². The van der Waals surface area contributed by atoms with E-state index in [1.807, 2.05) is 13.0 Å². The third-order valence-corrected chi connectivity index (χ3v) is 3.87. The Morgan fingerprint density at radius 1 is 1.17 bits per heavy atom. The maximum atomic E-state index is 12.5. The minimum Gasteiger partial charge on any atom is -0.493 e. The van der Waals surface area contributed by atoms with Crippen LogP contribution in [0, 0.1) is 17.0 Å². The van der Waals surface area contributed by atoms with Crippen LogP contribution in [0.4, 0.5) is 11.4 Å². The van der Waals surface area contributed by atoms with Crippen LogP contribution in [0.1, 0.15) is 15.9 Å². The molecule has 0 fully saturated rings. The van der Waals surface area contributed by atoms with Gasteiger partial charge in [0.15, 0.2) is 11.5 Å². The summed E-state index contributed by atoms with van der Waals surface area (Å²) in [5.74, 6) is -0.186. The molecule has 0 saturated heterocycles. The smallest absolute Gasteiger partial charge is 0.286 e. The van der Waals surface area contributed by atoms with Gasteiger partial charge < -0.3 is 14.8 Å². The number of methoxy groups -OCH3 is 2. The van der Waals surface area contributed by atoms with Crippen LogP contribution in [0.15, 0.2) is 34.8 Å². The summed E-state index contributed by atoms with van der Waals surface area (Å²) in [6, 6.07) is 7.77. The molecule has 0 aliphatic heterocycles. The highest BCUT2D eigenvalue weighted by Gasteiger charge is 2.24. The number of nitro benzene ring substituents is 1. The fourth-order valence-electron chi connectivity index (χ4n) is 2.16. The number of halogens is 1. The molecule has 2 aromatic rings. The molecule has 0 aliphatic carbocycles. The lowest BCUT2D eigenvalue weighted by atomic mass is 10.1. The maximum absolute atomic E-state index is 12.5. The van der Waals surface area contributed by atoms with Gasteiger partial charge >= 0.3 is 0 Å². The van der Waals surface area contributed by atoms with Gasteiger partial charge in [0.2, 0.25) is 0 Å². The SMILES string of the molecule is COc1cc(C(=O)Nc2ccc(Br)cc2C)c([N+](=O)[O-])cc1OC. The zero-order valence-electron chi connectivity index (χ0n) is 13.3. The lowest BCUT2D eigenvalue weighted by Gasteiger charge is -2.12. The summed E-state index contributed by atoms with van der Waals surface area (Å²) in [6.45, 7) is 1.82. The molecule has 0 spiro atoms. The molecule has 0 bridgehead atoms. The van der Waals surface area contributed by atoms with Crippen molar-refractivity contribution in [2.75, 3.05) is 19.5 Å². The Kier molecular flexibility index (Phi) is 5.40. The largest absolute Gasteiger partial charge is 0.493 e. The number of carbonyl (C=O) groups is 1. The Balaban J connectivity index is 2.45. The molecule has 1 amide bonds. The molecule has 0 aromatic heterocycles. The second-order valence-corrected chi connectivity index (χ2v) is 5.81. The summed E-state index contributed by atoms with van der Waals surface area (Å²) in [5.41, 5.74) is 0.910. The molecule has 8 heteroatoms. The molecular formula is C16H15BrN2O5. The highest BCUT2D eigenvalue weighted by atomic mass is 79.9. The zero-order valence-corrected chi connectivity index (χ0v) is 14.8. The Hall–Kier alpha value is -2.61. The van der Waals surface area contributed by atoms with Crippen molar-refractivity contribution in [3.8, 4) is 11.5 Å². The van der Waals surface area contributed by atoms with Crippen molar-refractivity contribution >= 4 is 33.2 Å². The summed E-state index contributed by atoms with van der Waals surface area (Å²) in [5, 5.41) is 14.0. The highest BCUT2D eigenvalue weighted by molar-refractivity contribution is 9.10. The zero-order chi connectivity index (χ0) is 17.9. The number of anilines is 1. The summed E-state index contributed by atoms with van der Waals surface area (Å²) < 4.78 is 11.0. The molecule has 0 heterocycles. The number of benzene rings is 2. The van der Waals surface area contributed by atoms with Crippen molar-refractivity contribution in [2.24, 2.45) is 0 Å². The van der Waals surface area contributed by atoms with Crippen molar-refractivity contribution in [2.45, 2.75) is 6.92 Å². The van der Waals surface area contributed by atoms with Crippen LogP contribution in [-0.4, -0.2) is 25.1 Å². The van der Waals surface area contributed by atoms with E-state index in [2.05, 4.69) is 21.2 Å². The van der Waals surface area contributed by atoms with E-state index in [9.17, 15) is 14.9 Å². The van der Waals surface area contributed by atoms with Crippen LogP contribution in [0.2, 0.25) is 0 Å². The molecule has 126 valence electrons. The van der Waals surface area contributed by atoms with Crippen LogP contribution < -0.4 is 14.8 Å². The molecule has 0 atom stereocenters. The monoisotopic (exact) mass is 394 g/mol. The molecule has 2 rings (SSSR count). The second-order valence-electron chi connectivity index (χ2n) is 4.89. The van der Waals surface area contributed by atoms with Gasteiger partial charge in [0.1, 0.15) is 5.56 Å². The number of hydrogen-bond acceptors (Lipinski definition) is 5. The van der Waals surface area contributed by atoms with E-state index in [0.717, 1.165) is 10.0 Å². The van der Waals surface area contributed by atoms with Gasteiger partial charge in [0.25, 0.3) is 11.6 Å². The van der Waals surface area contributed by atoms with Gasteiger partial charge in [0, 0.05) is 16.2 Å². The Labute approximate surface area is 146 Å². The molecular weight excluding hydrogens is 380 g/mol. The summed E-state index contributed by atoms with van der Waals surface area (Å²) in [4.78, 5) is 23.2. The first kappa shape index (κ1) is 17.7. The van der Waals surface area contributed by atoms with Crippen molar-refractivity contribution < 1.29 is 19.2 Å². The lowest BCUT2D eigenvalue weighted by Crippen LogP contribution is -2.15. The fraction of sp³-hybridized carbons (Fsp3) is 0.188. The Bertz CT molecular complexity index is 807. The van der Waals surface area contributed by atoms with E-state index in [1.54, 1.807) is 12.1 Å². The number of rotatable bonds is 5. The Morgan fingerprint density at radius 3 is 2.33 bits per heavy atom. The standard InChI is InChI=1S/C16H15BrN2O5/c1-9-6-10(17)4-5-12(9)18-16(20)11-7-14(23-2)15(24-3)8-13(11)19(21)22/h4-8H,1-3H3,(H,18,20). The van der Waals surface area contributed by atoms with Crippen molar-refractivity contribution in [3.05, 3.63) is 56.0 Å². The molecule has 0 unspecified atom stereocenters. The van der Waals surface area contributed by atoms with Crippen LogP contribution in [0.5, 0.6) is 11.5 Å². The van der Waals surface area contributed by atoms with E-state index in [1.165, 1.54) is 26.4 Å². The first-order chi connectivity index (χ1) is 11.4. The third kappa shape index (κ3) is 3.65. The number of ether oxygens (including phenoxy) is 2. The van der Waals surface area contributed by atoms with Gasteiger partial charge in [-0.15, -0.1) is 0 Å². The number of nitrogens with one attached hydrogen (secondary N) is 1. The Morgan fingerprint density at radius 2 is 1.79 bits per heavy atom. The predicted molar refractivity (Wildman–Crippen MR) is 93.0 cm³/mol. The molecule has 0 radical (unpaired) electrons. The van der Waals surface area contributed by atoms with Gasteiger partial charge in [-0.2, -0.15) is 0 Å². The number of carbonyl (C=O) groups excluding carboxylic acids is 1. The van der Waals surface area contributed by atoms with Gasteiger partial charge in [-0.05, 0) is 30.7 Å². The van der Waals surface area contributed by atoms with Crippen LogP contribution >= 0.6 is 15.9 Å². The maximum Gasteiger partial charge on any atom is 0.286 e. The number of amides is 1. The normalized spacial score (nSPS) is 10.2. The van der Waals surface area contributed by atoms with Gasteiger partial charge in [-0.3, -0.25) is 14.9 Å². The van der Waals surface area contributed by atoms with Gasteiger partial charge in [0.05, 0.1) is 25.2 Å². The van der Waals surface area contributed by atoms with Gasteiger partial charge in [-0.25, -0.2) is 0 Å². The summed E-state index contributed by atoms with van der Waals surface area (Å²) in [6.07, 6.45) is 0. The summed E-state index contributed by atoms with van der Waals surface area (Å²) >= 11 is 3.34. The topological polar surface area (TPSA) is 90.7 Å². The van der Waals surface area contributed by atoms with E-state index in [0.29, 0.717) is 5.69 Å². The van der Waals surface area contributed by atoms with E-state index in [4.69, 9.17) is 9.47 Å². The quantitative estimate of drug-likeness (QED) is 0.612. The van der Waals surface area contributed by atoms with Crippen molar-refractivity contribution in [1.82, 2.24) is 0 Å². The average molecular weight is 395 g/mol. The van der Waals surface area contributed by atoms with Crippen molar-refractivity contribution in [3.63, 3.8) is 0 Å². The lowest BCUT2D eigenvalue weighted by molar-refractivity contribution is -0.385. The molecule has 0 saturated carbocycles. The number of hydrogen-bond donors (Lipinski definition) is 1. The van der Waals surface area contributed by atoms with E-state index in [-0.39, 0.29) is 22.7 Å². The fourth-order valence-corrected chi connectivity index (χ4v) is 2.63. The van der Waals surface area contributed by atoms with Gasteiger partial charge in [-0.1, -0.05) is 15.9 Å². The van der Waals surface area contributed by atoms with Crippen molar-refractivity contribution in [1.29, 1.82) is 0 Å². The molecule has 0 aliphatic rings. The number of nitrogens with zero attached hydrogens (tertiary/aromatic N) is 1. The number of aryl methyl sites for hydroxylation is 1. The second kappa shape index (κ2) is 7.31. The first-order valence-corrected chi connectivity index (χ1v) is 7.64. The minimum atomic E-state index is -0.634. The molecule has 24 heavy (non-hydrogen) atoms. The summed E-state index contributed by atoms with van der Waals surface area (Å²) in [7, 11) is 2.76. The minimum absolute atomic E-state index is 0.111. The van der Waals surface area contributed by atoms with E-state index < -0.39 is 10.8 Å². The van der Waals surface area contributed by atoms with E-state index >= 15 is 0 Å². The first-order valence-electron chi connectivity index (χ1n) is 6.85. The molecule has 2 aromatic carbocycles. The third-order valence-electron chi connectivity index (χ3n) is 3.38. The van der Waals surface area contributed by atoms with Crippen LogP contribution in [0.3, 0.4) is 0 Å². The average Bonchev–Trinajstić information content (AvgIpc) is 2.55. The van der Waals surface area contributed by atoms with Crippen LogP contribution in [-0.2, 0) is 0 Å². The predicted octanol–water partition coefficient (Wildman–Crippen LogP) is 3.94.